The molecule has 1 aromatic heterocycles. The van der Waals surface area contributed by atoms with Gasteiger partial charge >= 0.3 is 6.03 Å². The van der Waals surface area contributed by atoms with E-state index in [0.717, 1.165) is 31.1 Å². The number of nitrogens with two attached hydrogens (primary N) is 1. The Morgan fingerprint density at radius 3 is 2.46 bits per heavy atom. The van der Waals surface area contributed by atoms with Crippen molar-refractivity contribution in [3.05, 3.63) is 40.7 Å². The fourth-order valence-electron chi connectivity index (χ4n) is 2.92. The first-order valence-electron chi connectivity index (χ1n) is 9.40. The monoisotopic (exact) mass is 359 g/mol. The number of carbonyl (C=O) groups excluding carboxylic acids is 1. The second kappa shape index (κ2) is 9.97. The number of aromatic nitrogens is 1. The van der Waals surface area contributed by atoms with Gasteiger partial charge in [0.2, 0.25) is 0 Å². The van der Waals surface area contributed by atoms with E-state index >= 15 is 0 Å². The van der Waals surface area contributed by atoms with Crippen molar-refractivity contribution in [3.63, 3.8) is 0 Å². The number of nitrogens with zero attached hydrogens (tertiary/aromatic N) is 2. The number of fused-ring (bicyclic) bond motifs is 1. The molecule has 0 aliphatic heterocycles. The summed E-state index contributed by atoms with van der Waals surface area (Å²) >= 11 is 0. The normalized spacial score (nSPS) is 10.9. The van der Waals surface area contributed by atoms with Crippen LogP contribution in [0.3, 0.4) is 0 Å². The van der Waals surface area contributed by atoms with E-state index in [9.17, 15) is 9.59 Å². The van der Waals surface area contributed by atoms with E-state index in [0.29, 0.717) is 37.5 Å². The number of unbranched alkanes of at least 4 members (excludes halogenated alkanes) is 1. The molecule has 0 unspecified atom stereocenters. The van der Waals surface area contributed by atoms with Crippen LogP contribution < -0.4 is 16.0 Å². The van der Waals surface area contributed by atoms with E-state index in [-0.39, 0.29) is 11.6 Å². The van der Waals surface area contributed by atoms with Crippen LogP contribution in [-0.2, 0) is 0 Å². The Kier molecular flexibility index (Phi) is 7.66. The van der Waals surface area contributed by atoms with Crippen LogP contribution in [0.4, 0.5) is 4.79 Å². The molecular weight excluding hydrogens is 330 g/mol. The minimum Gasteiger partial charge on any atom is -0.494 e. The van der Waals surface area contributed by atoms with Gasteiger partial charge in [-0.25, -0.2) is 9.36 Å². The molecule has 0 aliphatic rings. The molecule has 1 amide bonds. The Labute approximate surface area is 154 Å². The molecule has 26 heavy (non-hydrogen) atoms. The van der Waals surface area contributed by atoms with Gasteiger partial charge in [-0.05, 0) is 55.8 Å². The van der Waals surface area contributed by atoms with Gasteiger partial charge < -0.3 is 15.4 Å². The average Bonchev–Trinajstić information content (AvgIpc) is 2.64. The van der Waals surface area contributed by atoms with E-state index in [4.69, 9.17) is 10.5 Å². The fourth-order valence-corrected chi connectivity index (χ4v) is 2.92. The van der Waals surface area contributed by atoms with Gasteiger partial charge in [-0.1, -0.05) is 13.8 Å². The lowest BCUT2D eigenvalue weighted by molar-refractivity contribution is 0.199. The standard InChI is InChI=1S/C20H29N3O3/c1-3-12-22(13-4-2)20(25)23-18-15-17(26-14-6-5-11-21)9-7-16(18)8-10-19(23)24/h7-10,15H,3-6,11-14,21H2,1-2H3. The Bertz CT molecular complexity index is 779. The third-order valence-corrected chi connectivity index (χ3v) is 4.18. The van der Waals surface area contributed by atoms with Crippen LogP contribution in [0.1, 0.15) is 39.5 Å². The second-order valence-corrected chi connectivity index (χ2v) is 6.34. The predicted octanol–water partition coefficient (Wildman–Crippen LogP) is 3.21. The highest BCUT2D eigenvalue weighted by Crippen LogP contribution is 2.20. The van der Waals surface area contributed by atoms with Crippen LogP contribution in [0.25, 0.3) is 10.9 Å². The molecule has 0 fully saturated rings. The molecule has 2 N–H and O–H groups in total. The SMILES string of the molecule is CCCN(CCC)C(=O)n1c(=O)ccc2ccc(OCCCCN)cc21. The number of ether oxygens (including phenoxy) is 1. The number of benzene rings is 1. The lowest BCUT2D eigenvalue weighted by atomic mass is 10.2. The van der Waals surface area contributed by atoms with Crippen LogP contribution in [0, 0.1) is 0 Å². The molecule has 0 saturated carbocycles. The smallest absolute Gasteiger partial charge is 0.331 e. The maximum atomic E-state index is 13.0. The summed E-state index contributed by atoms with van der Waals surface area (Å²) in [5.74, 6) is 0.652. The van der Waals surface area contributed by atoms with Gasteiger partial charge in [-0.2, -0.15) is 0 Å². The number of amides is 1. The fraction of sp³-hybridized carbons (Fsp3) is 0.500. The Balaban J connectivity index is 2.38. The summed E-state index contributed by atoms with van der Waals surface area (Å²) in [7, 11) is 0. The molecule has 1 heterocycles. The Morgan fingerprint density at radius 2 is 1.81 bits per heavy atom. The first kappa shape index (κ1) is 20.0. The van der Waals surface area contributed by atoms with Gasteiger partial charge in [-0.15, -0.1) is 0 Å². The Morgan fingerprint density at radius 1 is 1.12 bits per heavy atom. The molecule has 6 nitrogen and oxygen atoms in total. The van der Waals surface area contributed by atoms with Crippen LogP contribution >= 0.6 is 0 Å². The minimum absolute atomic E-state index is 0.274. The molecule has 0 saturated heterocycles. The van der Waals surface area contributed by atoms with Crippen molar-refractivity contribution < 1.29 is 9.53 Å². The van der Waals surface area contributed by atoms with Crippen LogP contribution in [-0.4, -0.2) is 41.7 Å². The second-order valence-electron chi connectivity index (χ2n) is 6.34. The third-order valence-electron chi connectivity index (χ3n) is 4.18. The lowest BCUT2D eigenvalue weighted by Gasteiger charge is -2.23. The highest BCUT2D eigenvalue weighted by Gasteiger charge is 2.18. The van der Waals surface area contributed by atoms with Crippen LogP contribution in [0.15, 0.2) is 35.1 Å². The molecular formula is C20H29N3O3. The maximum Gasteiger partial charge on any atom is 0.331 e. The van der Waals surface area contributed by atoms with Crippen molar-refractivity contribution in [3.8, 4) is 5.75 Å². The van der Waals surface area contributed by atoms with E-state index < -0.39 is 0 Å². The van der Waals surface area contributed by atoms with Crippen molar-refractivity contribution in [2.45, 2.75) is 39.5 Å². The van der Waals surface area contributed by atoms with Crippen molar-refractivity contribution >= 4 is 16.9 Å². The molecule has 0 aliphatic carbocycles. The quantitative estimate of drug-likeness (QED) is 0.698. The zero-order chi connectivity index (χ0) is 18.9. The van der Waals surface area contributed by atoms with Gasteiger partial charge in [-0.3, -0.25) is 4.79 Å². The first-order valence-corrected chi connectivity index (χ1v) is 9.40. The summed E-state index contributed by atoms with van der Waals surface area (Å²) in [4.78, 5) is 27.2. The largest absolute Gasteiger partial charge is 0.494 e. The minimum atomic E-state index is -0.319. The van der Waals surface area contributed by atoms with Crippen LogP contribution in [0.2, 0.25) is 0 Å². The summed E-state index contributed by atoms with van der Waals surface area (Å²) < 4.78 is 7.01. The first-order chi connectivity index (χ1) is 12.6. The predicted molar refractivity (Wildman–Crippen MR) is 105 cm³/mol. The molecule has 6 heteroatoms. The topological polar surface area (TPSA) is 77.6 Å². The van der Waals surface area contributed by atoms with Crippen molar-refractivity contribution in [1.29, 1.82) is 0 Å². The molecule has 0 bridgehead atoms. The van der Waals surface area contributed by atoms with Crippen LogP contribution in [0.5, 0.6) is 5.75 Å². The van der Waals surface area contributed by atoms with Crippen molar-refractivity contribution in [2.75, 3.05) is 26.2 Å². The summed E-state index contributed by atoms with van der Waals surface area (Å²) in [5, 5.41) is 0.834. The number of rotatable bonds is 9. The lowest BCUT2D eigenvalue weighted by Crippen LogP contribution is -2.40. The third kappa shape index (κ3) is 4.85. The average molecular weight is 359 g/mol. The number of hydrogen-bond donors (Lipinski definition) is 1. The Hall–Kier alpha value is -2.34. The van der Waals surface area contributed by atoms with E-state index in [1.807, 2.05) is 26.0 Å². The van der Waals surface area contributed by atoms with E-state index in [1.54, 1.807) is 17.0 Å². The number of hydrogen-bond acceptors (Lipinski definition) is 4. The van der Waals surface area contributed by atoms with E-state index in [2.05, 4.69) is 0 Å². The number of carbonyl (C=O) groups is 1. The van der Waals surface area contributed by atoms with Gasteiger partial charge in [0.1, 0.15) is 5.75 Å². The van der Waals surface area contributed by atoms with E-state index in [1.165, 1.54) is 10.6 Å². The highest BCUT2D eigenvalue weighted by molar-refractivity contribution is 5.91. The zero-order valence-electron chi connectivity index (χ0n) is 15.7. The molecule has 2 aromatic rings. The van der Waals surface area contributed by atoms with Gasteiger partial charge in [0.25, 0.3) is 5.56 Å². The molecule has 1 aromatic carbocycles. The zero-order valence-corrected chi connectivity index (χ0v) is 15.7. The van der Waals surface area contributed by atoms with Crippen molar-refractivity contribution in [2.24, 2.45) is 5.73 Å². The molecule has 142 valence electrons. The number of pyridine rings is 1. The summed E-state index contributed by atoms with van der Waals surface area (Å²) in [6.07, 6.45) is 3.47. The van der Waals surface area contributed by atoms with Gasteiger partial charge in [0.15, 0.2) is 0 Å². The highest BCUT2D eigenvalue weighted by atomic mass is 16.5. The molecule has 0 spiro atoms. The summed E-state index contributed by atoms with van der Waals surface area (Å²) in [6, 6.07) is 8.42. The van der Waals surface area contributed by atoms with Gasteiger partial charge in [0.05, 0.1) is 12.1 Å². The van der Waals surface area contributed by atoms with Gasteiger partial charge in [0, 0.05) is 25.2 Å². The summed E-state index contributed by atoms with van der Waals surface area (Å²) in [5.41, 5.74) is 5.75. The molecule has 0 atom stereocenters. The summed E-state index contributed by atoms with van der Waals surface area (Å²) in [6.45, 7) is 6.51. The molecule has 0 radical (unpaired) electrons. The molecule has 2 rings (SSSR count). The maximum absolute atomic E-state index is 13.0. The van der Waals surface area contributed by atoms with Crippen molar-refractivity contribution in [1.82, 2.24) is 9.47 Å².